The predicted molar refractivity (Wildman–Crippen MR) is 70.5 cm³/mol. The number of carbonyl (C=O) groups excluding carboxylic acids is 1. The van der Waals surface area contributed by atoms with Gasteiger partial charge in [0, 0.05) is 5.56 Å². The molecule has 0 amide bonds. The summed E-state index contributed by atoms with van der Waals surface area (Å²) in [5.74, 6) is 1.50. The first-order valence-electron chi connectivity index (χ1n) is 6.01. The molecule has 2 rings (SSSR count). The zero-order valence-electron chi connectivity index (χ0n) is 11.1. The molecule has 1 aliphatic rings. The van der Waals surface area contributed by atoms with Gasteiger partial charge in [-0.2, -0.15) is 0 Å². The topological polar surface area (TPSA) is 35.5 Å². The van der Waals surface area contributed by atoms with E-state index in [0.717, 1.165) is 11.3 Å². The fourth-order valence-electron chi connectivity index (χ4n) is 2.27. The van der Waals surface area contributed by atoms with Crippen LogP contribution in [0.2, 0.25) is 0 Å². The number of benzene rings is 1. The van der Waals surface area contributed by atoms with Crippen LogP contribution in [-0.2, 0) is 6.42 Å². The summed E-state index contributed by atoms with van der Waals surface area (Å²) in [6.45, 7) is 7.58. The van der Waals surface area contributed by atoms with Gasteiger partial charge in [-0.05, 0) is 32.4 Å². The van der Waals surface area contributed by atoms with Crippen LogP contribution in [0, 0.1) is 0 Å². The van der Waals surface area contributed by atoms with Crippen molar-refractivity contribution in [2.24, 2.45) is 0 Å². The van der Waals surface area contributed by atoms with E-state index in [0.29, 0.717) is 24.2 Å². The summed E-state index contributed by atoms with van der Waals surface area (Å²) in [4.78, 5) is 12.1. The van der Waals surface area contributed by atoms with Gasteiger partial charge >= 0.3 is 0 Å². The van der Waals surface area contributed by atoms with Crippen molar-refractivity contribution >= 4 is 5.78 Å². The van der Waals surface area contributed by atoms with Crippen LogP contribution in [0.4, 0.5) is 0 Å². The molecule has 0 fully saturated rings. The molecule has 0 unspecified atom stereocenters. The normalized spacial score (nSPS) is 16.7. The minimum atomic E-state index is -0.466. The van der Waals surface area contributed by atoms with Crippen LogP contribution >= 0.6 is 0 Å². The van der Waals surface area contributed by atoms with Crippen LogP contribution in [0.3, 0.4) is 0 Å². The minimum Gasteiger partial charge on any atom is -0.496 e. The number of hydrogen-bond donors (Lipinski definition) is 0. The average molecular weight is 246 g/mol. The molecule has 0 bridgehead atoms. The van der Waals surface area contributed by atoms with Gasteiger partial charge in [0.05, 0.1) is 19.1 Å². The standard InChI is InChI=1S/C15H18O3/c1-5-6-11-13(17-4)8-7-10-12(16)9-15(2,3)18-14(10)11/h5,7-8H,1,6,9H2,2-4H3. The Kier molecular flexibility index (Phi) is 3.16. The van der Waals surface area contributed by atoms with Crippen LogP contribution in [0.25, 0.3) is 0 Å². The zero-order valence-corrected chi connectivity index (χ0v) is 11.1. The molecule has 3 heteroatoms. The van der Waals surface area contributed by atoms with Gasteiger partial charge in [-0.15, -0.1) is 6.58 Å². The number of allylic oxidation sites excluding steroid dienone is 1. The van der Waals surface area contributed by atoms with Crippen LogP contribution < -0.4 is 9.47 Å². The largest absolute Gasteiger partial charge is 0.496 e. The molecular weight excluding hydrogens is 228 g/mol. The van der Waals surface area contributed by atoms with Gasteiger partial charge in [-0.25, -0.2) is 0 Å². The second kappa shape index (κ2) is 4.48. The van der Waals surface area contributed by atoms with Crippen molar-refractivity contribution in [3.05, 3.63) is 35.9 Å². The monoisotopic (exact) mass is 246 g/mol. The molecule has 0 radical (unpaired) electrons. The molecule has 1 heterocycles. The lowest BCUT2D eigenvalue weighted by molar-refractivity contribution is 0.0613. The van der Waals surface area contributed by atoms with Crippen molar-refractivity contribution in [3.63, 3.8) is 0 Å². The summed E-state index contributed by atoms with van der Waals surface area (Å²) in [6.07, 6.45) is 2.81. The second-order valence-electron chi connectivity index (χ2n) is 5.08. The molecule has 0 saturated heterocycles. The highest BCUT2D eigenvalue weighted by Gasteiger charge is 2.34. The Morgan fingerprint density at radius 3 is 2.83 bits per heavy atom. The summed E-state index contributed by atoms with van der Waals surface area (Å²) < 4.78 is 11.3. The zero-order chi connectivity index (χ0) is 13.3. The van der Waals surface area contributed by atoms with E-state index < -0.39 is 5.60 Å². The van der Waals surface area contributed by atoms with Crippen molar-refractivity contribution in [2.75, 3.05) is 7.11 Å². The molecule has 1 aromatic rings. The minimum absolute atomic E-state index is 0.120. The van der Waals surface area contributed by atoms with Crippen molar-refractivity contribution < 1.29 is 14.3 Å². The van der Waals surface area contributed by atoms with Crippen LogP contribution in [0.1, 0.15) is 36.2 Å². The van der Waals surface area contributed by atoms with Gasteiger partial charge in [0.2, 0.25) is 0 Å². The van der Waals surface area contributed by atoms with Crippen molar-refractivity contribution in [1.29, 1.82) is 0 Å². The number of ketones is 1. The maximum absolute atomic E-state index is 12.1. The Balaban J connectivity index is 2.61. The summed E-state index contributed by atoms with van der Waals surface area (Å²) in [7, 11) is 1.62. The maximum Gasteiger partial charge on any atom is 0.170 e. The summed E-state index contributed by atoms with van der Waals surface area (Å²) in [5.41, 5.74) is 1.07. The molecular formula is C15H18O3. The van der Waals surface area contributed by atoms with E-state index in [-0.39, 0.29) is 5.78 Å². The SMILES string of the molecule is C=CCc1c(OC)ccc2c1OC(C)(C)CC2=O. The fraction of sp³-hybridized carbons (Fsp3) is 0.400. The van der Waals surface area contributed by atoms with Gasteiger partial charge in [0.15, 0.2) is 5.78 Å². The number of hydrogen-bond acceptors (Lipinski definition) is 3. The molecule has 0 spiro atoms. The van der Waals surface area contributed by atoms with E-state index in [1.165, 1.54) is 0 Å². The maximum atomic E-state index is 12.1. The third-order valence-electron chi connectivity index (χ3n) is 3.05. The molecule has 0 N–H and O–H groups in total. The Morgan fingerprint density at radius 1 is 1.50 bits per heavy atom. The highest BCUT2D eigenvalue weighted by Crippen LogP contribution is 2.40. The van der Waals surface area contributed by atoms with Crippen molar-refractivity contribution in [2.45, 2.75) is 32.3 Å². The number of carbonyl (C=O) groups is 1. The molecule has 3 nitrogen and oxygen atoms in total. The molecule has 1 aliphatic heterocycles. The lowest BCUT2D eigenvalue weighted by atomic mass is 9.90. The highest BCUT2D eigenvalue weighted by molar-refractivity contribution is 6.01. The fourth-order valence-corrected chi connectivity index (χ4v) is 2.27. The Labute approximate surface area is 107 Å². The van der Waals surface area contributed by atoms with E-state index in [9.17, 15) is 4.79 Å². The number of Topliss-reactive ketones (excluding diaryl/α,β-unsaturated/α-hetero) is 1. The average Bonchev–Trinajstić information content (AvgIpc) is 2.29. The van der Waals surface area contributed by atoms with E-state index in [4.69, 9.17) is 9.47 Å². The Bertz CT molecular complexity index is 501. The van der Waals surface area contributed by atoms with Gasteiger partial charge < -0.3 is 9.47 Å². The third kappa shape index (κ3) is 2.13. The molecule has 96 valence electrons. The van der Waals surface area contributed by atoms with E-state index in [1.807, 2.05) is 19.9 Å². The molecule has 0 atom stereocenters. The highest BCUT2D eigenvalue weighted by atomic mass is 16.5. The lowest BCUT2D eigenvalue weighted by Gasteiger charge is -2.33. The summed E-state index contributed by atoms with van der Waals surface area (Å²) >= 11 is 0. The van der Waals surface area contributed by atoms with Gasteiger partial charge in [0.25, 0.3) is 0 Å². The number of methoxy groups -OCH3 is 1. The van der Waals surface area contributed by atoms with Crippen LogP contribution in [0.15, 0.2) is 24.8 Å². The molecule has 1 aromatic carbocycles. The van der Waals surface area contributed by atoms with E-state index in [2.05, 4.69) is 6.58 Å². The van der Waals surface area contributed by atoms with Gasteiger partial charge in [-0.1, -0.05) is 6.08 Å². The van der Waals surface area contributed by atoms with E-state index in [1.54, 1.807) is 19.3 Å². The number of ether oxygens (including phenoxy) is 2. The molecule has 0 aliphatic carbocycles. The van der Waals surface area contributed by atoms with Gasteiger partial charge in [-0.3, -0.25) is 4.79 Å². The lowest BCUT2D eigenvalue weighted by Crippen LogP contribution is -2.36. The molecule has 0 saturated carbocycles. The molecule has 18 heavy (non-hydrogen) atoms. The first kappa shape index (κ1) is 12.7. The Morgan fingerprint density at radius 2 is 2.22 bits per heavy atom. The third-order valence-corrected chi connectivity index (χ3v) is 3.05. The van der Waals surface area contributed by atoms with Crippen LogP contribution in [0.5, 0.6) is 11.5 Å². The number of fused-ring (bicyclic) bond motifs is 1. The van der Waals surface area contributed by atoms with Crippen molar-refractivity contribution in [3.8, 4) is 11.5 Å². The second-order valence-corrected chi connectivity index (χ2v) is 5.08. The smallest absolute Gasteiger partial charge is 0.170 e. The van der Waals surface area contributed by atoms with Crippen molar-refractivity contribution in [1.82, 2.24) is 0 Å². The van der Waals surface area contributed by atoms with Gasteiger partial charge in [0.1, 0.15) is 17.1 Å². The van der Waals surface area contributed by atoms with Crippen LogP contribution in [-0.4, -0.2) is 18.5 Å². The first-order chi connectivity index (χ1) is 8.48. The first-order valence-corrected chi connectivity index (χ1v) is 6.01. The summed E-state index contributed by atoms with van der Waals surface area (Å²) in [5, 5.41) is 0. The molecule has 0 aromatic heterocycles. The number of rotatable bonds is 3. The predicted octanol–water partition coefficient (Wildman–Crippen LogP) is 3.17. The summed E-state index contributed by atoms with van der Waals surface area (Å²) in [6, 6.07) is 3.59. The Hall–Kier alpha value is -1.77. The van der Waals surface area contributed by atoms with E-state index >= 15 is 0 Å². The quantitative estimate of drug-likeness (QED) is 0.768.